The van der Waals surface area contributed by atoms with Crippen LogP contribution in [0.15, 0.2) is 83.3 Å². The third-order valence-electron chi connectivity index (χ3n) is 4.67. The SMILES string of the molecule is Brc1ccc(CNc2nc3c(-c4ccccc4)nnn3c3ccccc23)cc1. The molecule has 28 heavy (non-hydrogen) atoms. The Bertz CT molecular complexity index is 1260. The summed E-state index contributed by atoms with van der Waals surface area (Å²) in [4.78, 5) is 4.89. The summed E-state index contributed by atoms with van der Waals surface area (Å²) in [6, 6.07) is 26.4. The van der Waals surface area contributed by atoms with Crippen molar-refractivity contribution in [3.05, 3.63) is 88.9 Å². The first kappa shape index (κ1) is 16.9. The van der Waals surface area contributed by atoms with Gasteiger partial charge in [0.25, 0.3) is 0 Å². The molecule has 136 valence electrons. The Hall–Kier alpha value is -3.25. The Labute approximate surface area is 170 Å². The molecule has 0 amide bonds. The molecule has 0 saturated carbocycles. The van der Waals surface area contributed by atoms with Gasteiger partial charge in [0.1, 0.15) is 11.5 Å². The molecule has 2 aromatic heterocycles. The zero-order chi connectivity index (χ0) is 18.9. The lowest BCUT2D eigenvalue weighted by atomic mass is 10.1. The lowest BCUT2D eigenvalue weighted by Crippen LogP contribution is -2.05. The van der Waals surface area contributed by atoms with E-state index in [-0.39, 0.29) is 0 Å². The minimum absolute atomic E-state index is 0.683. The Kier molecular flexibility index (Phi) is 4.25. The first-order valence-electron chi connectivity index (χ1n) is 8.97. The van der Waals surface area contributed by atoms with Gasteiger partial charge in [0.05, 0.1) is 5.52 Å². The molecule has 0 aliphatic heterocycles. The maximum Gasteiger partial charge on any atom is 0.186 e. The maximum atomic E-state index is 4.89. The molecule has 5 aromatic rings. The van der Waals surface area contributed by atoms with Gasteiger partial charge in [-0.2, -0.15) is 4.52 Å². The number of halogens is 1. The number of benzene rings is 3. The first-order valence-corrected chi connectivity index (χ1v) is 9.77. The molecule has 3 aromatic carbocycles. The summed E-state index contributed by atoms with van der Waals surface area (Å²) in [5.41, 5.74) is 4.67. The van der Waals surface area contributed by atoms with E-state index in [0.29, 0.717) is 6.54 Å². The first-order chi connectivity index (χ1) is 13.8. The molecule has 0 saturated heterocycles. The highest BCUT2D eigenvalue weighted by Crippen LogP contribution is 2.28. The van der Waals surface area contributed by atoms with E-state index >= 15 is 0 Å². The van der Waals surface area contributed by atoms with Crippen molar-refractivity contribution >= 4 is 38.3 Å². The van der Waals surface area contributed by atoms with Crippen LogP contribution < -0.4 is 5.32 Å². The van der Waals surface area contributed by atoms with Gasteiger partial charge in [-0.3, -0.25) is 0 Å². The number of rotatable bonds is 4. The fourth-order valence-corrected chi connectivity index (χ4v) is 3.53. The Morgan fingerprint density at radius 2 is 1.61 bits per heavy atom. The lowest BCUT2D eigenvalue weighted by Gasteiger charge is -2.10. The summed E-state index contributed by atoms with van der Waals surface area (Å²) < 4.78 is 2.88. The summed E-state index contributed by atoms with van der Waals surface area (Å²) in [7, 11) is 0. The van der Waals surface area contributed by atoms with E-state index in [1.165, 1.54) is 5.56 Å². The molecule has 0 bridgehead atoms. The van der Waals surface area contributed by atoms with Crippen molar-refractivity contribution < 1.29 is 0 Å². The standard InChI is InChI=1S/C22H16BrN5/c23-17-12-10-15(11-13-17)14-24-21-18-8-4-5-9-19(18)28-22(25-21)20(26-27-28)16-6-2-1-3-7-16/h1-13H,14H2,(H,24,25). The number of aromatic nitrogens is 4. The fraction of sp³-hybridized carbons (Fsp3) is 0.0455. The minimum Gasteiger partial charge on any atom is -0.365 e. The van der Waals surface area contributed by atoms with Crippen molar-refractivity contribution in [3.8, 4) is 11.3 Å². The summed E-state index contributed by atoms with van der Waals surface area (Å²) >= 11 is 3.48. The molecule has 5 rings (SSSR count). The van der Waals surface area contributed by atoms with E-state index in [4.69, 9.17) is 4.98 Å². The van der Waals surface area contributed by atoms with Crippen molar-refractivity contribution in [2.24, 2.45) is 0 Å². The zero-order valence-electron chi connectivity index (χ0n) is 14.9. The third kappa shape index (κ3) is 3.01. The molecule has 2 heterocycles. The second kappa shape index (κ2) is 7.05. The smallest absolute Gasteiger partial charge is 0.186 e. The molecule has 0 fully saturated rings. The van der Waals surface area contributed by atoms with Gasteiger partial charge in [-0.15, -0.1) is 5.10 Å². The van der Waals surface area contributed by atoms with Crippen LogP contribution in [0, 0.1) is 0 Å². The van der Waals surface area contributed by atoms with Crippen molar-refractivity contribution in [3.63, 3.8) is 0 Å². The van der Waals surface area contributed by atoms with Crippen LogP contribution in [0.1, 0.15) is 5.56 Å². The van der Waals surface area contributed by atoms with E-state index in [1.807, 2.05) is 65.2 Å². The van der Waals surface area contributed by atoms with Crippen molar-refractivity contribution in [1.29, 1.82) is 0 Å². The average Bonchev–Trinajstić information content (AvgIpc) is 3.18. The number of hydrogen-bond acceptors (Lipinski definition) is 4. The van der Waals surface area contributed by atoms with Crippen LogP contribution in [0.2, 0.25) is 0 Å². The molecule has 0 aliphatic rings. The topological polar surface area (TPSA) is 55.1 Å². The highest BCUT2D eigenvalue weighted by atomic mass is 79.9. The molecular formula is C22H16BrN5. The normalized spacial score (nSPS) is 11.2. The molecule has 6 heteroatoms. The van der Waals surface area contributed by atoms with E-state index in [1.54, 1.807) is 0 Å². The number of hydrogen-bond donors (Lipinski definition) is 1. The second-order valence-electron chi connectivity index (χ2n) is 6.50. The van der Waals surface area contributed by atoms with E-state index in [2.05, 4.69) is 49.8 Å². The average molecular weight is 430 g/mol. The Balaban J connectivity index is 1.63. The predicted octanol–water partition coefficient (Wildman–Crippen LogP) is 5.32. The number of para-hydroxylation sites is 1. The Morgan fingerprint density at radius 3 is 2.43 bits per heavy atom. The molecule has 0 radical (unpaired) electrons. The van der Waals surface area contributed by atoms with Crippen molar-refractivity contribution in [2.75, 3.05) is 5.32 Å². The summed E-state index contributed by atoms with van der Waals surface area (Å²) in [6.45, 7) is 0.683. The summed E-state index contributed by atoms with van der Waals surface area (Å²) in [5, 5.41) is 13.3. The fourth-order valence-electron chi connectivity index (χ4n) is 3.27. The molecule has 0 unspecified atom stereocenters. The van der Waals surface area contributed by atoms with Gasteiger partial charge in [-0.1, -0.05) is 75.7 Å². The van der Waals surface area contributed by atoms with Gasteiger partial charge >= 0.3 is 0 Å². The molecular weight excluding hydrogens is 414 g/mol. The molecule has 5 nitrogen and oxygen atoms in total. The molecule has 0 atom stereocenters. The lowest BCUT2D eigenvalue weighted by molar-refractivity contribution is 0.876. The number of nitrogens with zero attached hydrogens (tertiary/aromatic N) is 4. The van der Waals surface area contributed by atoms with Gasteiger partial charge < -0.3 is 5.32 Å². The van der Waals surface area contributed by atoms with Crippen LogP contribution in [0.3, 0.4) is 0 Å². The minimum atomic E-state index is 0.683. The van der Waals surface area contributed by atoms with Crippen LogP contribution in [-0.4, -0.2) is 19.8 Å². The van der Waals surface area contributed by atoms with Crippen LogP contribution in [0.5, 0.6) is 0 Å². The van der Waals surface area contributed by atoms with Crippen molar-refractivity contribution in [1.82, 2.24) is 19.8 Å². The third-order valence-corrected chi connectivity index (χ3v) is 5.20. The Morgan fingerprint density at radius 1 is 0.857 bits per heavy atom. The number of fused-ring (bicyclic) bond motifs is 3. The van der Waals surface area contributed by atoms with Gasteiger partial charge in [0, 0.05) is 22.0 Å². The van der Waals surface area contributed by atoms with Gasteiger partial charge in [0.2, 0.25) is 0 Å². The van der Waals surface area contributed by atoms with Crippen LogP contribution in [0.25, 0.3) is 27.8 Å². The van der Waals surface area contributed by atoms with Crippen molar-refractivity contribution in [2.45, 2.75) is 6.54 Å². The van der Waals surface area contributed by atoms with Crippen LogP contribution in [-0.2, 0) is 6.54 Å². The summed E-state index contributed by atoms with van der Waals surface area (Å²) in [6.07, 6.45) is 0. The second-order valence-corrected chi connectivity index (χ2v) is 7.41. The number of nitrogens with one attached hydrogen (secondary N) is 1. The van der Waals surface area contributed by atoms with Crippen LogP contribution >= 0.6 is 15.9 Å². The highest BCUT2D eigenvalue weighted by Gasteiger charge is 2.15. The quantitative estimate of drug-likeness (QED) is 0.420. The maximum absolute atomic E-state index is 4.89. The van der Waals surface area contributed by atoms with E-state index in [9.17, 15) is 0 Å². The van der Waals surface area contributed by atoms with E-state index < -0.39 is 0 Å². The zero-order valence-corrected chi connectivity index (χ0v) is 16.5. The number of anilines is 1. The van der Waals surface area contributed by atoms with Crippen LogP contribution in [0.4, 0.5) is 5.82 Å². The summed E-state index contributed by atoms with van der Waals surface area (Å²) in [5.74, 6) is 0.825. The van der Waals surface area contributed by atoms with Gasteiger partial charge in [0.15, 0.2) is 5.65 Å². The highest BCUT2D eigenvalue weighted by molar-refractivity contribution is 9.10. The largest absolute Gasteiger partial charge is 0.365 e. The molecule has 1 N–H and O–H groups in total. The van der Waals surface area contributed by atoms with Gasteiger partial charge in [-0.05, 0) is 29.8 Å². The molecule has 0 spiro atoms. The van der Waals surface area contributed by atoms with E-state index in [0.717, 1.165) is 38.1 Å². The predicted molar refractivity (Wildman–Crippen MR) is 115 cm³/mol. The van der Waals surface area contributed by atoms with Gasteiger partial charge in [-0.25, -0.2) is 4.98 Å². The monoisotopic (exact) mass is 429 g/mol. The molecule has 0 aliphatic carbocycles.